The molecule has 2 saturated carbocycles. The van der Waals surface area contributed by atoms with Gasteiger partial charge in [0, 0.05) is 59.1 Å². The molecule has 0 aromatic rings. The van der Waals surface area contributed by atoms with Crippen LogP contribution in [0.3, 0.4) is 0 Å². The van der Waals surface area contributed by atoms with Crippen LogP contribution in [0.15, 0.2) is 4.99 Å². The van der Waals surface area contributed by atoms with Gasteiger partial charge in [0.25, 0.3) is 0 Å². The number of rotatable bonds is 12. The van der Waals surface area contributed by atoms with Crippen LogP contribution in [0.5, 0.6) is 0 Å². The number of hydrogen-bond acceptors (Lipinski definition) is 4. The van der Waals surface area contributed by atoms with Crippen LogP contribution in [0.1, 0.15) is 51.9 Å². The van der Waals surface area contributed by atoms with E-state index in [9.17, 15) is 0 Å². The highest BCUT2D eigenvalue weighted by Crippen LogP contribution is 2.34. The van der Waals surface area contributed by atoms with Crippen molar-refractivity contribution in [3.8, 4) is 0 Å². The third-order valence-electron chi connectivity index (χ3n) is 5.82. The molecule has 7 heteroatoms. The van der Waals surface area contributed by atoms with Crippen molar-refractivity contribution in [2.24, 2.45) is 10.9 Å². The summed E-state index contributed by atoms with van der Waals surface area (Å²) in [6.07, 6.45) is 9.24. The van der Waals surface area contributed by atoms with Gasteiger partial charge >= 0.3 is 0 Å². The van der Waals surface area contributed by atoms with Crippen LogP contribution >= 0.6 is 24.0 Å². The highest BCUT2D eigenvalue weighted by atomic mass is 127. The molecule has 28 heavy (non-hydrogen) atoms. The van der Waals surface area contributed by atoms with Crippen molar-refractivity contribution in [1.29, 1.82) is 0 Å². The second-order valence-electron chi connectivity index (χ2n) is 8.31. The topological polar surface area (TPSA) is 49.3 Å². The van der Waals surface area contributed by atoms with E-state index >= 15 is 0 Å². The minimum Gasteiger partial charge on any atom is -0.385 e. The Bertz CT molecular complexity index is 450. The van der Waals surface area contributed by atoms with Crippen molar-refractivity contribution in [3.63, 3.8) is 0 Å². The Hall–Kier alpha value is -0.120. The van der Waals surface area contributed by atoms with E-state index in [0.29, 0.717) is 6.10 Å². The molecule has 3 aliphatic rings. The Morgan fingerprint density at radius 2 is 1.86 bits per heavy atom. The molecule has 164 valence electrons. The van der Waals surface area contributed by atoms with E-state index in [4.69, 9.17) is 14.5 Å². The average molecular weight is 508 g/mol. The lowest BCUT2D eigenvalue weighted by molar-refractivity contribution is 0.00990. The Labute approximate surface area is 188 Å². The molecule has 0 bridgehead atoms. The van der Waals surface area contributed by atoms with E-state index in [1.54, 1.807) is 7.11 Å². The van der Waals surface area contributed by atoms with Gasteiger partial charge in [-0.3, -0.25) is 9.89 Å². The highest BCUT2D eigenvalue weighted by Gasteiger charge is 2.33. The normalized spacial score (nSPS) is 21.1. The van der Waals surface area contributed by atoms with Gasteiger partial charge in [0.05, 0.1) is 12.6 Å². The monoisotopic (exact) mass is 508 g/mol. The molecule has 2 aliphatic carbocycles. The summed E-state index contributed by atoms with van der Waals surface area (Å²) in [5.74, 6) is 2.07. The summed E-state index contributed by atoms with van der Waals surface area (Å²) in [6.45, 7) is 10.1. The van der Waals surface area contributed by atoms with Crippen LogP contribution in [0.4, 0.5) is 0 Å². The lowest BCUT2D eigenvalue weighted by Gasteiger charge is -2.34. The van der Waals surface area contributed by atoms with Gasteiger partial charge < -0.3 is 19.7 Å². The van der Waals surface area contributed by atoms with Crippen LogP contribution in [0.25, 0.3) is 0 Å². The quantitative estimate of drug-likeness (QED) is 0.190. The lowest BCUT2D eigenvalue weighted by Crippen LogP contribution is -2.47. The molecule has 3 rings (SSSR count). The Morgan fingerprint density at radius 1 is 1.11 bits per heavy atom. The van der Waals surface area contributed by atoms with Gasteiger partial charge in [0.15, 0.2) is 5.96 Å². The number of likely N-dealkylation sites (tertiary alicyclic amines) is 1. The second kappa shape index (κ2) is 13.2. The van der Waals surface area contributed by atoms with Crippen molar-refractivity contribution < 1.29 is 9.47 Å². The van der Waals surface area contributed by atoms with Crippen molar-refractivity contribution in [1.82, 2.24) is 15.1 Å². The van der Waals surface area contributed by atoms with E-state index in [1.165, 1.54) is 32.2 Å². The molecule has 0 atom stereocenters. The van der Waals surface area contributed by atoms with Gasteiger partial charge in [-0.05, 0) is 57.8 Å². The number of hydrogen-bond donors (Lipinski definition) is 1. The predicted molar refractivity (Wildman–Crippen MR) is 126 cm³/mol. The zero-order valence-corrected chi connectivity index (χ0v) is 20.2. The fourth-order valence-electron chi connectivity index (χ4n) is 3.89. The van der Waals surface area contributed by atoms with E-state index in [-0.39, 0.29) is 24.0 Å². The zero-order valence-electron chi connectivity index (χ0n) is 17.9. The van der Waals surface area contributed by atoms with Crippen LogP contribution < -0.4 is 5.32 Å². The van der Waals surface area contributed by atoms with Crippen molar-refractivity contribution in [3.05, 3.63) is 0 Å². The number of aliphatic imine (C=N–C) groups is 1. The summed E-state index contributed by atoms with van der Waals surface area (Å²) >= 11 is 0. The smallest absolute Gasteiger partial charge is 0.193 e. The minimum absolute atomic E-state index is 0. The fourth-order valence-corrected chi connectivity index (χ4v) is 3.89. The van der Waals surface area contributed by atoms with Crippen LogP contribution in [0.2, 0.25) is 0 Å². The molecule has 6 nitrogen and oxygen atoms in total. The molecular weight excluding hydrogens is 467 g/mol. The number of nitrogens with zero attached hydrogens (tertiary/aromatic N) is 3. The maximum Gasteiger partial charge on any atom is 0.193 e. The summed E-state index contributed by atoms with van der Waals surface area (Å²) in [6, 6.07) is 0.856. The predicted octanol–water partition coefficient (Wildman–Crippen LogP) is 2.96. The number of methoxy groups -OCH3 is 1. The maximum absolute atomic E-state index is 5.99. The Balaban J connectivity index is 0.00000280. The zero-order chi connectivity index (χ0) is 18.9. The van der Waals surface area contributed by atoms with Gasteiger partial charge in [-0.25, -0.2) is 0 Å². The molecule has 0 aromatic carbocycles. The van der Waals surface area contributed by atoms with E-state index in [0.717, 1.165) is 83.1 Å². The minimum atomic E-state index is 0. The van der Waals surface area contributed by atoms with E-state index < -0.39 is 0 Å². The molecule has 3 fully saturated rings. The largest absolute Gasteiger partial charge is 0.385 e. The van der Waals surface area contributed by atoms with Crippen LogP contribution in [0, 0.1) is 5.92 Å². The first kappa shape index (κ1) is 24.2. The molecule has 0 aromatic heterocycles. The molecule has 0 spiro atoms. The summed E-state index contributed by atoms with van der Waals surface area (Å²) in [5, 5.41) is 3.50. The molecule has 0 unspecified atom stereocenters. The lowest BCUT2D eigenvalue weighted by atomic mass is 10.1. The number of halogens is 1. The third-order valence-corrected chi connectivity index (χ3v) is 5.82. The highest BCUT2D eigenvalue weighted by molar-refractivity contribution is 14.0. The molecule has 1 heterocycles. The van der Waals surface area contributed by atoms with Gasteiger partial charge in [0.1, 0.15) is 0 Å². The average Bonchev–Trinajstić information content (AvgIpc) is 3.58. The first-order valence-corrected chi connectivity index (χ1v) is 11.2. The first-order chi connectivity index (χ1) is 13.3. The third kappa shape index (κ3) is 8.71. The SMILES string of the molecule is CCNC(=NCCN(CC1CC1)C1CC1)N1CCC(OCCCOC)CC1.I. The van der Waals surface area contributed by atoms with E-state index in [1.807, 2.05) is 0 Å². The summed E-state index contributed by atoms with van der Waals surface area (Å²) in [5.41, 5.74) is 0. The van der Waals surface area contributed by atoms with Gasteiger partial charge in [-0.2, -0.15) is 0 Å². The molecular formula is C21H41IN4O2. The summed E-state index contributed by atoms with van der Waals surface area (Å²) in [4.78, 5) is 10.1. The molecule has 1 aliphatic heterocycles. The number of piperidine rings is 1. The Kier molecular flexibility index (Phi) is 11.4. The Morgan fingerprint density at radius 3 is 2.46 bits per heavy atom. The summed E-state index contributed by atoms with van der Waals surface area (Å²) < 4.78 is 11.1. The standard InChI is InChI=1S/C21H40N4O2.HI/c1-3-22-21(23-11-14-25(19-7-8-19)17-18-5-6-18)24-12-9-20(10-13-24)27-16-4-15-26-2;/h18-20H,3-17H2,1-2H3,(H,22,23);1H. The van der Waals surface area contributed by atoms with Crippen molar-refractivity contribution in [2.75, 3.05) is 59.6 Å². The van der Waals surface area contributed by atoms with Crippen molar-refractivity contribution in [2.45, 2.75) is 64.0 Å². The number of nitrogens with one attached hydrogen (secondary N) is 1. The van der Waals surface area contributed by atoms with E-state index in [2.05, 4.69) is 22.0 Å². The van der Waals surface area contributed by atoms with Gasteiger partial charge in [-0.15, -0.1) is 24.0 Å². The van der Waals surface area contributed by atoms with Crippen molar-refractivity contribution >= 4 is 29.9 Å². The molecule has 1 N–H and O–H groups in total. The van der Waals surface area contributed by atoms with Crippen LogP contribution in [-0.2, 0) is 9.47 Å². The molecule has 1 saturated heterocycles. The van der Waals surface area contributed by atoms with Gasteiger partial charge in [0.2, 0.25) is 0 Å². The second-order valence-corrected chi connectivity index (χ2v) is 8.31. The fraction of sp³-hybridized carbons (Fsp3) is 0.952. The van der Waals surface area contributed by atoms with Crippen LogP contribution in [-0.4, -0.2) is 87.5 Å². The molecule has 0 amide bonds. The van der Waals surface area contributed by atoms with Gasteiger partial charge in [-0.1, -0.05) is 0 Å². The summed E-state index contributed by atoms with van der Waals surface area (Å²) in [7, 11) is 1.75. The number of ether oxygens (including phenoxy) is 2. The first-order valence-electron chi connectivity index (χ1n) is 11.2. The molecule has 0 radical (unpaired) electrons. The maximum atomic E-state index is 5.99. The number of guanidine groups is 1.